The van der Waals surface area contributed by atoms with Crippen LogP contribution in [-0.4, -0.2) is 37.2 Å². The van der Waals surface area contributed by atoms with Gasteiger partial charge < -0.3 is 14.2 Å². The molecule has 2 aromatic rings. The summed E-state index contributed by atoms with van der Waals surface area (Å²) >= 11 is 12.2. The molecule has 26 heavy (non-hydrogen) atoms. The Morgan fingerprint density at radius 3 is 2.42 bits per heavy atom. The topological polar surface area (TPSA) is 57.7 Å². The van der Waals surface area contributed by atoms with Crippen LogP contribution < -0.4 is 9.47 Å². The lowest BCUT2D eigenvalue weighted by Gasteiger charge is -2.13. The van der Waals surface area contributed by atoms with E-state index >= 15 is 0 Å². The van der Waals surface area contributed by atoms with Gasteiger partial charge in [-0.1, -0.05) is 23.2 Å². The molecule has 0 aliphatic carbocycles. The molecule has 5 nitrogen and oxygen atoms in total. The lowest BCUT2D eigenvalue weighted by molar-refractivity contribution is 0.0546. The van der Waals surface area contributed by atoms with Crippen molar-refractivity contribution in [3.8, 4) is 11.5 Å². The third-order valence-electron chi connectivity index (χ3n) is 3.57. The highest BCUT2D eigenvalue weighted by atomic mass is 35.5. The van der Waals surface area contributed by atoms with E-state index in [4.69, 9.17) is 37.4 Å². The van der Waals surface area contributed by atoms with Gasteiger partial charge in [0, 0.05) is 29.9 Å². The number of nitrogens with zero attached hydrogens (tertiary/aromatic N) is 1. The number of carbonyl (C=O) groups excluding carboxylic acids is 1. The van der Waals surface area contributed by atoms with Crippen LogP contribution in [0.4, 0.5) is 0 Å². The zero-order chi connectivity index (χ0) is 19.1. The molecule has 0 radical (unpaired) electrons. The minimum Gasteiger partial charge on any atom is -0.493 e. The lowest BCUT2D eigenvalue weighted by Crippen LogP contribution is -2.12. The van der Waals surface area contributed by atoms with Gasteiger partial charge in [-0.25, -0.2) is 0 Å². The van der Waals surface area contributed by atoms with Crippen molar-refractivity contribution in [2.45, 2.75) is 26.4 Å². The first-order valence-corrected chi connectivity index (χ1v) is 8.91. The molecule has 0 bridgehead atoms. The summed E-state index contributed by atoms with van der Waals surface area (Å²) in [5, 5.41) is 0.725. The summed E-state index contributed by atoms with van der Waals surface area (Å²) in [6.45, 7) is 4.71. The standard InChI is InChI=1S/C19H21Cl2NO4/c1-12(2)25-6-7-26-19-8-13(4-5-18(19)24-3)17(23)9-14-15(20)10-22-11-16(14)21/h4-5,8,10-12H,6-7,9H2,1-3H3. The average molecular weight is 398 g/mol. The summed E-state index contributed by atoms with van der Waals surface area (Å²) in [6.07, 6.45) is 3.13. The number of hydrogen-bond acceptors (Lipinski definition) is 5. The maximum Gasteiger partial charge on any atom is 0.167 e. The van der Waals surface area contributed by atoms with Crippen LogP contribution in [-0.2, 0) is 11.2 Å². The summed E-state index contributed by atoms with van der Waals surface area (Å²) in [4.78, 5) is 16.5. The van der Waals surface area contributed by atoms with Gasteiger partial charge in [0.2, 0.25) is 0 Å². The molecule has 1 heterocycles. The first kappa shape index (κ1) is 20.5. The molecule has 1 aromatic heterocycles. The highest BCUT2D eigenvalue weighted by Gasteiger charge is 2.15. The van der Waals surface area contributed by atoms with E-state index in [2.05, 4.69) is 4.98 Å². The predicted molar refractivity (Wildman–Crippen MR) is 102 cm³/mol. The summed E-state index contributed by atoms with van der Waals surface area (Å²) < 4.78 is 16.4. The first-order valence-electron chi connectivity index (χ1n) is 8.16. The minimum absolute atomic E-state index is 0.0718. The monoisotopic (exact) mass is 397 g/mol. The van der Waals surface area contributed by atoms with E-state index in [-0.39, 0.29) is 18.3 Å². The van der Waals surface area contributed by atoms with Gasteiger partial charge in [-0.3, -0.25) is 9.78 Å². The predicted octanol–water partition coefficient (Wildman–Crippen LogP) is 4.63. The molecule has 0 fully saturated rings. The van der Waals surface area contributed by atoms with Gasteiger partial charge in [0.05, 0.1) is 29.9 Å². The molecular weight excluding hydrogens is 377 g/mol. The summed E-state index contributed by atoms with van der Waals surface area (Å²) in [5.41, 5.74) is 1.03. The number of pyridine rings is 1. The van der Waals surface area contributed by atoms with Gasteiger partial charge >= 0.3 is 0 Å². The van der Waals surface area contributed by atoms with Crippen molar-refractivity contribution in [1.82, 2.24) is 4.98 Å². The number of methoxy groups -OCH3 is 1. The molecule has 0 unspecified atom stereocenters. The molecule has 0 N–H and O–H groups in total. The maximum absolute atomic E-state index is 12.6. The highest BCUT2D eigenvalue weighted by molar-refractivity contribution is 6.36. The SMILES string of the molecule is COc1ccc(C(=O)Cc2c(Cl)cncc2Cl)cc1OCCOC(C)C. The number of hydrogen-bond donors (Lipinski definition) is 0. The fraction of sp³-hybridized carbons (Fsp3) is 0.368. The first-order chi connectivity index (χ1) is 12.4. The van der Waals surface area contributed by atoms with Crippen LogP contribution in [0.15, 0.2) is 30.6 Å². The number of ketones is 1. The van der Waals surface area contributed by atoms with Crippen LogP contribution in [0.3, 0.4) is 0 Å². The maximum atomic E-state index is 12.6. The van der Waals surface area contributed by atoms with Crippen LogP contribution in [0.25, 0.3) is 0 Å². The number of halogens is 2. The molecule has 0 amide bonds. The second kappa shape index (κ2) is 9.76. The number of rotatable bonds is 9. The molecule has 0 spiro atoms. The Kier molecular flexibility index (Phi) is 7.69. The van der Waals surface area contributed by atoms with Gasteiger partial charge in [-0.15, -0.1) is 0 Å². The third kappa shape index (κ3) is 5.59. The fourth-order valence-corrected chi connectivity index (χ4v) is 2.77. The Balaban J connectivity index is 2.13. The molecular formula is C19H21Cl2NO4. The number of Topliss-reactive ketones (excluding diaryl/α,β-unsaturated/α-hetero) is 1. The Morgan fingerprint density at radius 2 is 1.81 bits per heavy atom. The number of aromatic nitrogens is 1. The van der Waals surface area contributed by atoms with E-state index in [1.165, 1.54) is 12.4 Å². The summed E-state index contributed by atoms with van der Waals surface area (Å²) in [6, 6.07) is 5.03. The number of carbonyl (C=O) groups is 1. The second-order valence-electron chi connectivity index (χ2n) is 5.82. The molecule has 0 saturated heterocycles. The van der Waals surface area contributed by atoms with Crippen molar-refractivity contribution in [3.05, 3.63) is 51.8 Å². The molecule has 0 saturated carbocycles. The molecule has 0 atom stereocenters. The fourth-order valence-electron chi connectivity index (χ4n) is 2.27. The Morgan fingerprint density at radius 1 is 1.12 bits per heavy atom. The van der Waals surface area contributed by atoms with Crippen molar-refractivity contribution in [2.75, 3.05) is 20.3 Å². The molecule has 1 aromatic carbocycles. The summed E-state index contributed by atoms with van der Waals surface area (Å²) in [7, 11) is 1.55. The zero-order valence-corrected chi connectivity index (χ0v) is 16.4. The van der Waals surface area contributed by atoms with Crippen LogP contribution >= 0.6 is 23.2 Å². The largest absolute Gasteiger partial charge is 0.493 e. The van der Waals surface area contributed by atoms with E-state index in [9.17, 15) is 4.79 Å². The van der Waals surface area contributed by atoms with E-state index < -0.39 is 0 Å². The number of benzene rings is 1. The summed E-state index contributed by atoms with van der Waals surface area (Å²) in [5.74, 6) is 0.898. The highest BCUT2D eigenvalue weighted by Crippen LogP contribution is 2.30. The molecule has 0 aliphatic rings. The van der Waals surface area contributed by atoms with Gasteiger partial charge in [0.15, 0.2) is 17.3 Å². The van der Waals surface area contributed by atoms with Gasteiger partial charge in [0.1, 0.15) is 6.61 Å². The van der Waals surface area contributed by atoms with E-state index in [1.54, 1.807) is 25.3 Å². The third-order valence-corrected chi connectivity index (χ3v) is 4.22. The zero-order valence-electron chi connectivity index (χ0n) is 14.9. The van der Waals surface area contributed by atoms with Gasteiger partial charge in [-0.2, -0.15) is 0 Å². The van der Waals surface area contributed by atoms with Crippen LogP contribution in [0.5, 0.6) is 11.5 Å². The minimum atomic E-state index is -0.133. The van der Waals surface area contributed by atoms with Gasteiger partial charge in [-0.05, 0) is 32.0 Å². The average Bonchev–Trinajstić information content (AvgIpc) is 2.61. The molecule has 2 rings (SSSR count). The Hall–Kier alpha value is -1.82. The quantitative estimate of drug-likeness (QED) is 0.456. The lowest BCUT2D eigenvalue weighted by atomic mass is 10.0. The molecule has 140 valence electrons. The Labute approximate surface area is 163 Å². The second-order valence-corrected chi connectivity index (χ2v) is 6.63. The van der Waals surface area contributed by atoms with Crippen LogP contribution in [0.2, 0.25) is 10.0 Å². The van der Waals surface area contributed by atoms with Crippen molar-refractivity contribution < 1.29 is 19.0 Å². The van der Waals surface area contributed by atoms with E-state index in [0.29, 0.717) is 45.9 Å². The molecule has 0 aliphatic heterocycles. The Bertz CT molecular complexity index is 745. The van der Waals surface area contributed by atoms with E-state index in [0.717, 1.165) is 0 Å². The van der Waals surface area contributed by atoms with Crippen LogP contribution in [0.1, 0.15) is 29.8 Å². The number of ether oxygens (including phenoxy) is 3. The van der Waals surface area contributed by atoms with Crippen molar-refractivity contribution in [1.29, 1.82) is 0 Å². The van der Waals surface area contributed by atoms with Gasteiger partial charge in [0.25, 0.3) is 0 Å². The normalized spacial score (nSPS) is 10.8. The van der Waals surface area contributed by atoms with Crippen molar-refractivity contribution in [2.24, 2.45) is 0 Å². The smallest absolute Gasteiger partial charge is 0.167 e. The van der Waals surface area contributed by atoms with Crippen LogP contribution in [0, 0.1) is 0 Å². The molecule has 7 heteroatoms. The van der Waals surface area contributed by atoms with Crippen molar-refractivity contribution >= 4 is 29.0 Å². The van der Waals surface area contributed by atoms with Crippen molar-refractivity contribution in [3.63, 3.8) is 0 Å². The van der Waals surface area contributed by atoms with E-state index in [1.807, 2.05) is 13.8 Å².